The van der Waals surface area contributed by atoms with Gasteiger partial charge >= 0.3 is 5.97 Å². The number of esters is 1. The molecule has 0 N–H and O–H groups in total. The molecule has 178 valence electrons. The van der Waals surface area contributed by atoms with Crippen molar-refractivity contribution < 1.29 is 14.3 Å². The number of hydrogen-bond acceptors (Lipinski definition) is 6. The highest BCUT2D eigenvalue weighted by atomic mass is 35.5. The minimum atomic E-state index is -0.663. The van der Waals surface area contributed by atoms with Crippen LogP contribution in [0.5, 0.6) is 5.75 Å². The molecule has 1 aliphatic heterocycles. The van der Waals surface area contributed by atoms with Crippen LogP contribution in [0.4, 0.5) is 0 Å². The lowest BCUT2D eigenvalue weighted by atomic mass is 9.95. The van der Waals surface area contributed by atoms with E-state index in [2.05, 4.69) is 10.9 Å². The SMILES string of the molecule is C#CCOc1c(Cl)cc(/C=c2\sc3n(c2=O)[C@H](c2ccccc2)C(C(=O)OC)=C(CC)N=3)cc1Cl. The molecule has 0 spiro atoms. The van der Waals surface area contributed by atoms with Gasteiger partial charge in [0.25, 0.3) is 5.56 Å². The van der Waals surface area contributed by atoms with Gasteiger partial charge in [0.2, 0.25) is 0 Å². The Morgan fingerprint density at radius 1 is 1.26 bits per heavy atom. The Morgan fingerprint density at radius 3 is 2.54 bits per heavy atom. The number of allylic oxidation sites excluding steroid dienone is 1. The van der Waals surface area contributed by atoms with Gasteiger partial charge in [-0.1, -0.05) is 77.7 Å². The van der Waals surface area contributed by atoms with Crippen LogP contribution < -0.4 is 19.6 Å². The Kier molecular flexibility index (Phi) is 7.46. The first-order valence-corrected chi connectivity index (χ1v) is 12.2. The third kappa shape index (κ3) is 4.78. The van der Waals surface area contributed by atoms with Gasteiger partial charge in [0.1, 0.15) is 6.61 Å². The van der Waals surface area contributed by atoms with E-state index in [4.69, 9.17) is 39.1 Å². The normalized spacial score (nSPS) is 15.3. The van der Waals surface area contributed by atoms with Crippen LogP contribution in [0.3, 0.4) is 0 Å². The summed E-state index contributed by atoms with van der Waals surface area (Å²) in [6, 6.07) is 12.0. The summed E-state index contributed by atoms with van der Waals surface area (Å²) in [5.74, 6) is 2.13. The van der Waals surface area contributed by atoms with E-state index in [-0.39, 0.29) is 28.0 Å². The zero-order valence-corrected chi connectivity index (χ0v) is 21.2. The van der Waals surface area contributed by atoms with Gasteiger partial charge in [-0.2, -0.15) is 0 Å². The van der Waals surface area contributed by atoms with Crippen LogP contribution in [0.2, 0.25) is 10.0 Å². The topological polar surface area (TPSA) is 69.9 Å². The number of fused-ring (bicyclic) bond motifs is 1. The summed E-state index contributed by atoms with van der Waals surface area (Å²) in [6.07, 6.45) is 7.43. The molecule has 0 radical (unpaired) electrons. The number of nitrogens with zero attached hydrogens (tertiary/aromatic N) is 2. The Hall–Kier alpha value is -3.31. The number of aromatic nitrogens is 1. The van der Waals surface area contributed by atoms with Gasteiger partial charge in [-0.25, -0.2) is 9.79 Å². The summed E-state index contributed by atoms with van der Waals surface area (Å²) >= 11 is 13.9. The van der Waals surface area contributed by atoms with Crippen molar-refractivity contribution in [2.45, 2.75) is 19.4 Å². The van der Waals surface area contributed by atoms with Gasteiger partial charge in [-0.3, -0.25) is 9.36 Å². The molecule has 1 aliphatic rings. The maximum absolute atomic E-state index is 13.6. The molecule has 0 bridgehead atoms. The number of thiazole rings is 1. The Balaban J connectivity index is 1.92. The quantitative estimate of drug-likeness (QED) is 0.358. The van der Waals surface area contributed by atoms with Gasteiger partial charge in [0, 0.05) is 0 Å². The highest BCUT2D eigenvalue weighted by Crippen LogP contribution is 2.35. The van der Waals surface area contributed by atoms with Crippen molar-refractivity contribution in [2.75, 3.05) is 13.7 Å². The molecular weight excluding hydrogens is 507 g/mol. The molecule has 0 saturated carbocycles. The maximum Gasteiger partial charge on any atom is 0.338 e. The van der Waals surface area contributed by atoms with E-state index in [0.29, 0.717) is 32.6 Å². The van der Waals surface area contributed by atoms with Crippen LogP contribution in [0, 0.1) is 12.3 Å². The molecule has 0 fully saturated rings. The molecule has 1 atom stereocenters. The predicted octanol–water partition coefficient (Wildman–Crippen LogP) is 4.12. The molecule has 0 saturated heterocycles. The standard InChI is InChI=1S/C26H20Cl2N2O4S/c1-4-11-34-23-17(27)12-15(13-18(23)28)14-20-24(31)30-22(16-9-7-6-8-10-16)21(25(32)33-3)19(5-2)29-26(30)35-20/h1,6-10,12-14,22H,5,11H2,2-3H3/b20-14-/t22-/m1/s1. The molecule has 0 aliphatic carbocycles. The van der Waals surface area contributed by atoms with Crippen LogP contribution >= 0.6 is 34.5 Å². The molecule has 4 rings (SSSR count). The zero-order valence-electron chi connectivity index (χ0n) is 18.9. The van der Waals surface area contributed by atoms with E-state index < -0.39 is 12.0 Å². The fourth-order valence-electron chi connectivity index (χ4n) is 3.88. The van der Waals surface area contributed by atoms with Gasteiger partial charge < -0.3 is 9.47 Å². The van der Waals surface area contributed by atoms with Crippen molar-refractivity contribution in [3.63, 3.8) is 0 Å². The summed E-state index contributed by atoms with van der Waals surface area (Å²) in [5, 5.41) is 0.547. The summed E-state index contributed by atoms with van der Waals surface area (Å²) < 4.78 is 12.4. The monoisotopic (exact) mass is 526 g/mol. The molecular formula is C26H20Cl2N2O4S. The number of hydrogen-bond donors (Lipinski definition) is 0. The zero-order chi connectivity index (χ0) is 25.1. The van der Waals surface area contributed by atoms with E-state index in [1.165, 1.54) is 23.0 Å². The predicted molar refractivity (Wildman–Crippen MR) is 138 cm³/mol. The summed E-state index contributed by atoms with van der Waals surface area (Å²) in [4.78, 5) is 31.6. The van der Waals surface area contributed by atoms with Crippen molar-refractivity contribution in [2.24, 2.45) is 4.99 Å². The van der Waals surface area contributed by atoms with Crippen molar-refractivity contribution in [3.05, 3.63) is 94.6 Å². The summed E-state index contributed by atoms with van der Waals surface area (Å²) in [6.45, 7) is 1.94. The molecule has 9 heteroatoms. The van der Waals surface area contributed by atoms with E-state index in [9.17, 15) is 9.59 Å². The second-order valence-electron chi connectivity index (χ2n) is 7.51. The van der Waals surface area contributed by atoms with Crippen molar-refractivity contribution >= 4 is 46.6 Å². The lowest BCUT2D eigenvalue weighted by molar-refractivity contribution is -0.136. The van der Waals surface area contributed by atoms with E-state index in [0.717, 1.165) is 5.56 Å². The molecule has 0 amide bonds. The number of rotatable bonds is 6. The molecule has 2 aromatic carbocycles. The Morgan fingerprint density at radius 2 is 1.94 bits per heavy atom. The molecule has 2 heterocycles. The van der Waals surface area contributed by atoms with E-state index in [1.54, 1.807) is 18.2 Å². The maximum atomic E-state index is 13.6. The summed E-state index contributed by atoms with van der Waals surface area (Å²) in [5.41, 5.74) is 2.03. The molecule has 35 heavy (non-hydrogen) atoms. The number of halogens is 2. The van der Waals surface area contributed by atoms with Gasteiger partial charge in [-0.15, -0.1) is 6.42 Å². The average molecular weight is 527 g/mol. The molecule has 6 nitrogen and oxygen atoms in total. The third-order valence-corrected chi connectivity index (χ3v) is 6.93. The van der Waals surface area contributed by atoms with Gasteiger partial charge in [0.15, 0.2) is 10.6 Å². The average Bonchev–Trinajstić information content (AvgIpc) is 3.16. The number of carbonyl (C=O) groups is 1. The lowest BCUT2D eigenvalue weighted by Crippen LogP contribution is -2.40. The van der Waals surface area contributed by atoms with Crippen molar-refractivity contribution in [3.8, 4) is 18.1 Å². The highest BCUT2D eigenvalue weighted by Gasteiger charge is 2.33. The highest BCUT2D eigenvalue weighted by molar-refractivity contribution is 7.07. The van der Waals surface area contributed by atoms with Crippen LogP contribution in [0.1, 0.15) is 30.5 Å². The van der Waals surface area contributed by atoms with Crippen LogP contribution in [0.25, 0.3) is 6.08 Å². The Bertz CT molecular complexity index is 1530. The number of carbonyl (C=O) groups excluding carboxylic acids is 1. The first-order valence-electron chi connectivity index (χ1n) is 10.6. The second-order valence-corrected chi connectivity index (χ2v) is 9.33. The number of ether oxygens (including phenoxy) is 2. The van der Waals surface area contributed by atoms with Crippen LogP contribution in [-0.4, -0.2) is 24.3 Å². The number of benzene rings is 2. The smallest absolute Gasteiger partial charge is 0.338 e. The fourth-order valence-corrected chi connectivity index (χ4v) is 5.51. The third-order valence-electron chi connectivity index (χ3n) is 5.38. The fraction of sp³-hybridized carbons (Fsp3) is 0.192. The lowest BCUT2D eigenvalue weighted by Gasteiger charge is -2.25. The molecule has 1 aromatic heterocycles. The molecule has 3 aromatic rings. The van der Waals surface area contributed by atoms with Gasteiger partial charge in [0.05, 0.1) is 39.0 Å². The largest absolute Gasteiger partial charge is 0.478 e. The summed E-state index contributed by atoms with van der Waals surface area (Å²) in [7, 11) is 1.32. The minimum Gasteiger partial charge on any atom is -0.478 e. The van der Waals surface area contributed by atoms with Crippen LogP contribution in [-0.2, 0) is 9.53 Å². The Labute approximate surface area is 215 Å². The van der Waals surface area contributed by atoms with E-state index in [1.807, 2.05) is 37.3 Å². The van der Waals surface area contributed by atoms with Crippen LogP contribution in [0.15, 0.2) is 63.5 Å². The van der Waals surface area contributed by atoms with Crippen molar-refractivity contribution in [1.29, 1.82) is 0 Å². The van der Waals surface area contributed by atoms with Gasteiger partial charge in [-0.05, 0) is 35.8 Å². The second kappa shape index (κ2) is 10.5. The first kappa shape index (κ1) is 24.8. The van der Waals surface area contributed by atoms with E-state index >= 15 is 0 Å². The number of terminal acetylenes is 1. The van der Waals surface area contributed by atoms with Crippen molar-refractivity contribution in [1.82, 2.24) is 4.57 Å². The molecule has 0 unspecified atom stereocenters. The first-order chi connectivity index (χ1) is 16.9. The number of methoxy groups -OCH3 is 1. The minimum absolute atomic E-state index is 0.0269.